The highest BCUT2D eigenvalue weighted by atomic mass is 32.1. The molecule has 2 nitrogen and oxygen atoms in total. The number of hydrogen-bond acceptors (Lipinski definition) is 3. The number of aryl methyl sites for hydroxylation is 1. The van der Waals surface area contributed by atoms with Crippen molar-refractivity contribution in [2.24, 2.45) is 5.73 Å². The molecule has 0 amide bonds. The van der Waals surface area contributed by atoms with Gasteiger partial charge in [-0.05, 0) is 50.9 Å². The van der Waals surface area contributed by atoms with Crippen LogP contribution in [0.2, 0.25) is 0 Å². The average Bonchev–Trinajstić information content (AvgIpc) is 2.78. The molecular formula is C14H24N2S. The summed E-state index contributed by atoms with van der Waals surface area (Å²) < 4.78 is 0. The Morgan fingerprint density at radius 2 is 2.24 bits per heavy atom. The van der Waals surface area contributed by atoms with Crippen molar-refractivity contribution in [1.29, 1.82) is 0 Å². The molecule has 2 heterocycles. The zero-order chi connectivity index (χ0) is 12.3. The topological polar surface area (TPSA) is 29.3 Å². The lowest BCUT2D eigenvalue weighted by molar-refractivity contribution is 0.131. The quantitative estimate of drug-likeness (QED) is 0.891. The van der Waals surface area contributed by atoms with Crippen molar-refractivity contribution < 1.29 is 0 Å². The van der Waals surface area contributed by atoms with Gasteiger partial charge in [0.15, 0.2) is 0 Å². The van der Waals surface area contributed by atoms with Crippen LogP contribution in [0, 0.1) is 0 Å². The summed E-state index contributed by atoms with van der Waals surface area (Å²) in [6.45, 7) is 6.87. The van der Waals surface area contributed by atoms with Crippen molar-refractivity contribution in [1.82, 2.24) is 4.90 Å². The van der Waals surface area contributed by atoms with Gasteiger partial charge in [0.25, 0.3) is 0 Å². The van der Waals surface area contributed by atoms with E-state index in [9.17, 15) is 0 Å². The lowest BCUT2D eigenvalue weighted by Gasteiger charge is -2.39. The van der Waals surface area contributed by atoms with E-state index in [1.165, 1.54) is 42.1 Å². The fourth-order valence-electron chi connectivity index (χ4n) is 2.77. The Morgan fingerprint density at radius 1 is 1.41 bits per heavy atom. The summed E-state index contributed by atoms with van der Waals surface area (Å²) in [5.41, 5.74) is 6.35. The van der Waals surface area contributed by atoms with Crippen LogP contribution in [0.1, 0.15) is 48.9 Å². The summed E-state index contributed by atoms with van der Waals surface area (Å²) in [7, 11) is 0. The molecule has 2 N–H and O–H groups in total. The molecule has 2 rings (SSSR count). The normalized spacial score (nSPS) is 26.3. The molecule has 1 aliphatic rings. The van der Waals surface area contributed by atoms with E-state index in [0.29, 0.717) is 12.1 Å². The predicted octanol–water partition coefficient (Wildman–Crippen LogP) is 3.18. The largest absolute Gasteiger partial charge is 0.326 e. The molecule has 0 spiro atoms. The first-order valence-electron chi connectivity index (χ1n) is 6.84. The molecule has 0 saturated carbocycles. The molecule has 0 aromatic carbocycles. The van der Waals surface area contributed by atoms with Crippen LogP contribution in [-0.2, 0) is 6.42 Å². The Bertz CT molecular complexity index is 346. The van der Waals surface area contributed by atoms with Crippen molar-refractivity contribution in [2.45, 2.75) is 51.6 Å². The SMILES string of the molecule is CCCN1CCCC(N)C1c1ccc(CC)s1. The second-order valence-electron chi connectivity index (χ2n) is 4.94. The van der Waals surface area contributed by atoms with Crippen LogP contribution in [0.4, 0.5) is 0 Å². The number of piperidine rings is 1. The predicted molar refractivity (Wildman–Crippen MR) is 75.5 cm³/mol. The maximum atomic E-state index is 6.35. The number of nitrogens with two attached hydrogens (primary N) is 1. The van der Waals surface area contributed by atoms with Crippen LogP contribution in [0.25, 0.3) is 0 Å². The molecule has 2 atom stereocenters. The van der Waals surface area contributed by atoms with Crippen LogP contribution in [0.15, 0.2) is 12.1 Å². The Balaban J connectivity index is 2.18. The summed E-state index contributed by atoms with van der Waals surface area (Å²) in [4.78, 5) is 5.54. The molecule has 0 aliphatic carbocycles. The van der Waals surface area contributed by atoms with Crippen molar-refractivity contribution in [3.63, 3.8) is 0 Å². The number of hydrogen-bond donors (Lipinski definition) is 1. The summed E-state index contributed by atoms with van der Waals surface area (Å²) in [6, 6.07) is 5.35. The highest BCUT2D eigenvalue weighted by Gasteiger charge is 2.30. The fraction of sp³-hybridized carbons (Fsp3) is 0.714. The molecule has 1 fully saturated rings. The summed E-state index contributed by atoms with van der Waals surface area (Å²) in [6.07, 6.45) is 4.78. The number of thiophene rings is 1. The first-order chi connectivity index (χ1) is 8.26. The number of likely N-dealkylation sites (tertiary alicyclic amines) is 1. The van der Waals surface area contributed by atoms with Gasteiger partial charge in [-0.2, -0.15) is 0 Å². The minimum absolute atomic E-state index is 0.318. The van der Waals surface area contributed by atoms with Gasteiger partial charge in [-0.15, -0.1) is 11.3 Å². The van der Waals surface area contributed by atoms with Gasteiger partial charge < -0.3 is 5.73 Å². The van der Waals surface area contributed by atoms with Gasteiger partial charge in [0.05, 0.1) is 6.04 Å². The standard InChI is InChI=1S/C14H24N2S/c1-3-9-16-10-5-6-12(15)14(16)13-8-7-11(4-2)17-13/h7-8,12,14H,3-6,9-10,15H2,1-2H3. The van der Waals surface area contributed by atoms with Gasteiger partial charge in [-0.1, -0.05) is 13.8 Å². The monoisotopic (exact) mass is 252 g/mol. The maximum absolute atomic E-state index is 6.35. The van der Waals surface area contributed by atoms with Crippen molar-refractivity contribution in [3.05, 3.63) is 21.9 Å². The summed E-state index contributed by atoms with van der Waals surface area (Å²) in [5, 5.41) is 0. The summed E-state index contributed by atoms with van der Waals surface area (Å²) >= 11 is 1.95. The lowest BCUT2D eigenvalue weighted by Crippen LogP contribution is -2.45. The molecule has 2 unspecified atom stereocenters. The molecule has 3 heteroatoms. The molecule has 0 radical (unpaired) electrons. The molecule has 1 aromatic heterocycles. The van der Waals surface area contributed by atoms with Gasteiger partial charge in [0.2, 0.25) is 0 Å². The van der Waals surface area contributed by atoms with E-state index < -0.39 is 0 Å². The lowest BCUT2D eigenvalue weighted by atomic mass is 9.95. The molecular weight excluding hydrogens is 228 g/mol. The average molecular weight is 252 g/mol. The van der Waals surface area contributed by atoms with E-state index >= 15 is 0 Å². The van der Waals surface area contributed by atoms with Gasteiger partial charge in [0.1, 0.15) is 0 Å². The van der Waals surface area contributed by atoms with Crippen molar-refractivity contribution >= 4 is 11.3 Å². The molecule has 1 saturated heterocycles. The third kappa shape index (κ3) is 2.90. The first-order valence-corrected chi connectivity index (χ1v) is 7.66. The maximum Gasteiger partial charge on any atom is 0.0593 e. The zero-order valence-corrected chi connectivity index (χ0v) is 11.8. The first kappa shape index (κ1) is 13.1. The van der Waals surface area contributed by atoms with Crippen LogP contribution in [-0.4, -0.2) is 24.0 Å². The minimum atomic E-state index is 0.318. The van der Waals surface area contributed by atoms with Gasteiger partial charge in [-0.3, -0.25) is 4.90 Å². The molecule has 17 heavy (non-hydrogen) atoms. The highest BCUT2D eigenvalue weighted by molar-refractivity contribution is 7.12. The molecule has 96 valence electrons. The molecule has 1 aromatic rings. The Labute approximate surface area is 109 Å². The Hall–Kier alpha value is -0.380. The Morgan fingerprint density at radius 3 is 2.88 bits per heavy atom. The number of nitrogens with zero attached hydrogens (tertiary/aromatic N) is 1. The Kier molecular flexibility index (Phi) is 4.60. The third-order valence-electron chi connectivity index (χ3n) is 3.61. The minimum Gasteiger partial charge on any atom is -0.326 e. The van der Waals surface area contributed by atoms with Crippen LogP contribution in [0.3, 0.4) is 0 Å². The second-order valence-corrected chi connectivity index (χ2v) is 6.14. The van der Waals surface area contributed by atoms with Gasteiger partial charge in [0, 0.05) is 15.8 Å². The third-order valence-corrected chi connectivity index (χ3v) is 4.92. The highest BCUT2D eigenvalue weighted by Crippen LogP contribution is 2.34. The van der Waals surface area contributed by atoms with Crippen molar-refractivity contribution in [3.8, 4) is 0 Å². The molecule has 0 bridgehead atoms. The van der Waals surface area contributed by atoms with E-state index in [-0.39, 0.29) is 0 Å². The van der Waals surface area contributed by atoms with E-state index in [4.69, 9.17) is 5.73 Å². The van der Waals surface area contributed by atoms with Crippen molar-refractivity contribution in [2.75, 3.05) is 13.1 Å². The van der Waals surface area contributed by atoms with Crippen LogP contribution >= 0.6 is 11.3 Å². The van der Waals surface area contributed by atoms with Gasteiger partial charge in [-0.25, -0.2) is 0 Å². The van der Waals surface area contributed by atoms with E-state index in [2.05, 4.69) is 30.9 Å². The van der Waals surface area contributed by atoms with Crippen LogP contribution in [0.5, 0.6) is 0 Å². The molecule has 1 aliphatic heterocycles. The second kappa shape index (κ2) is 5.98. The number of rotatable bonds is 4. The van der Waals surface area contributed by atoms with Gasteiger partial charge >= 0.3 is 0 Å². The van der Waals surface area contributed by atoms with E-state index in [1.807, 2.05) is 11.3 Å². The zero-order valence-electron chi connectivity index (χ0n) is 11.0. The van der Waals surface area contributed by atoms with E-state index in [1.54, 1.807) is 0 Å². The fourth-order valence-corrected chi connectivity index (χ4v) is 3.93. The summed E-state index contributed by atoms with van der Waals surface area (Å²) in [5.74, 6) is 0. The van der Waals surface area contributed by atoms with Crippen LogP contribution < -0.4 is 5.73 Å². The smallest absolute Gasteiger partial charge is 0.0593 e. The van der Waals surface area contributed by atoms with E-state index in [0.717, 1.165) is 6.42 Å².